The fraction of sp³-hybridized carbons (Fsp3) is 0.625. The molecule has 0 radical (unpaired) electrons. The summed E-state index contributed by atoms with van der Waals surface area (Å²) in [7, 11) is 2.15. The van der Waals surface area contributed by atoms with Crippen molar-refractivity contribution in [1.29, 1.82) is 0 Å². The molecular weight excluding hydrogens is 220 g/mol. The van der Waals surface area contributed by atoms with Crippen LogP contribution in [0.2, 0.25) is 0 Å². The maximum absolute atomic E-state index is 6.27. The molecule has 0 heterocycles. The molecule has 0 aromatic heterocycles. The largest absolute Gasteiger partial charge is 0.323 e. The van der Waals surface area contributed by atoms with E-state index in [0.717, 1.165) is 13.0 Å². The molecular formula is C16H28N2. The molecule has 1 rings (SSSR count). The number of benzene rings is 1. The molecule has 0 bridgehead atoms. The fourth-order valence-electron chi connectivity index (χ4n) is 2.04. The lowest BCUT2D eigenvalue weighted by Gasteiger charge is -2.27. The van der Waals surface area contributed by atoms with E-state index in [1.807, 2.05) is 0 Å². The van der Waals surface area contributed by atoms with Gasteiger partial charge in [-0.2, -0.15) is 0 Å². The van der Waals surface area contributed by atoms with Crippen LogP contribution in [0.1, 0.15) is 57.2 Å². The summed E-state index contributed by atoms with van der Waals surface area (Å²) in [6, 6.07) is 9.43. The molecule has 2 nitrogen and oxygen atoms in total. The van der Waals surface area contributed by atoms with Crippen LogP contribution in [-0.2, 0) is 0 Å². The molecule has 1 aromatic carbocycles. The Labute approximate surface area is 112 Å². The number of likely N-dealkylation sites (N-methyl/N-ethyl adjacent to an activating group) is 1. The third-order valence-corrected chi connectivity index (χ3v) is 3.86. The summed E-state index contributed by atoms with van der Waals surface area (Å²) < 4.78 is 0. The second-order valence-electron chi connectivity index (χ2n) is 5.62. The van der Waals surface area contributed by atoms with E-state index in [0.29, 0.717) is 12.0 Å². The van der Waals surface area contributed by atoms with Gasteiger partial charge in [0.25, 0.3) is 0 Å². The SMILES string of the molecule is CCC(C)N(C)CC(N)c1ccc(C(C)C)cc1. The monoisotopic (exact) mass is 248 g/mol. The van der Waals surface area contributed by atoms with E-state index < -0.39 is 0 Å². The molecule has 0 fully saturated rings. The highest BCUT2D eigenvalue weighted by atomic mass is 15.1. The lowest BCUT2D eigenvalue weighted by Crippen LogP contribution is -2.35. The van der Waals surface area contributed by atoms with Crippen LogP contribution >= 0.6 is 0 Å². The van der Waals surface area contributed by atoms with E-state index >= 15 is 0 Å². The molecule has 0 amide bonds. The first-order valence-electron chi connectivity index (χ1n) is 7.01. The number of hydrogen-bond acceptors (Lipinski definition) is 2. The van der Waals surface area contributed by atoms with Crippen LogP contribution in [0.15, 0.2) is 24.3 Å². The van der Waals surface area contributed by atoms with Gasteiger partial charge in [0.2, 0.25) is 0 Å². The van der Waals surface area contributed by atoms with E-state index in [1.165, 1.54) is 11.1 Å². The molecule has 0 saturated carbocycles. The summed E-state index contributed by atoms with van der Waals surface area (Å²) in [5.41, 5.74) is 8.88. The van der Waals surface area contributed by atoms with Gasteiger partial charge in [-0.15, -0.1) is 0 Å². The number of nitrogens with zero attached hydrogens (tertiary/aromatic N) is 1. The number of rotatable bonds is 6. The Kier molecular flexibility index (Phi) is 5.83. The Morgan fingerprint density at radius 2 is 1.56 bits per heavy atom. The molecule has 102 valence electrons. The minimum Gasteiger partial charge on any atom is -0.323 e. The molecule has 0 saturated heterocycles. The maximum atomic E-state index is 6.27. The van der Waals surface area contributed by atoms with Crippen molar-refractivity contribution in [2.75, 3.05) is 13.6 Å². The van der Waals surface area contributed by atoms with Crippen LogP contribution in [0, 0.1) is 0 Å². The summed E-state index contributed by atoms with van der Waals surface area (Å²) in [5.74, 6) is 0.582. The van der Waals surface area contributed by atoms with Crippen molar-refractivity contribution >= 4 is 0 Å². The first-order chi connectivity index (χ1) is 8.45. The second-order valence-corrected chi connectivity index (χ2v) is 5.62. The molecule has 18 heavy (non-hydrogen) atoms. The molecule has 2 N–H and O–H groups in total. The third kappa shape index (κ3) is 4.11. The highest BCUT2D eigenvalue weighted by Crippen LogP contribution is 2.18. The van der Waals surface area contributed by atoms with Crippen molar-refractivity contribution in [1.82, 2.24) is 4.90 Å². The van der Waals surface area contributed by atoms with Crippen molar-refractivity contribution in [3.05, 3.63) is 35.4 Å². The van der Waals surface area contributed by atoms with Crippen molar-refractivity contribution in [3.8, 4) is 0 Å². The number of nitrogens with two attached hydrogens (primary N) is 1. The Bertz CT molecular complexity index is 343. The first kappa shape index (κ1) is 15.2. The minimum atomic E-state index is 0.102. The smallest absolute Gasteiger partial charge is 0.0424 e. The van der Waals surface area contributed by atoms with Gasteiger partial charge >= 0.3 is 0 Å². The molecule has 2 atom stereocenters. The van der Waals surface area contributed by atoms with Gasteiger partial charge in [0, 0.05) is 18.6 Å². The van der Waals surface area contributed by atoms with E-state index in [1.54, 1.807) is 0 Å². The predicted molar refractivity (Wildman–Crippen MR) is 79.8 cm³/mol. The molecule has 1 aromatic rings. The summed E-state index contributed by atoms with van der Waals surface area (Å²) >= 11 is 0. The molecule has 0 aliphatic carbocycles. The highest BCUT2D eigenvalue weighted by Gasteiger charge is 2.13. The van der Waals surface area contributed by atoms with Crippen LogP contribution in [0.25, 0.3) is 0 Å². The van der Waals surface area contributed by atoms with Crippen molar-refractivity contribution < 1.29 is 0 Å². The summed E-state index contributed by atoms with van der Waals surface area (Å²) in [5, 5.41) is 0. The van der Waals surface area contributed by atoms with Crippen LogP contribution in [0.5, 0.6) is 0 Å². The fourth-order valence-corrected chi connectivity index (χ4v) is 2.04. The second kappa shape index (κ2) is 6.91. The quantitative estimate of drug-likeness (QED) is 0.834. The van der Waals surface area contributed by atoms with E-state index in [2.05, 4.69) is 63.9 Å². The van der Waals surface area contributed by atoms with Crippen molar-refractivity contribution in [2.24, 2.45) is 5.73 Å². The average molecular weight is 248 g/mol. The number of hydrogen-bond donors (Lipinski definition) is 1. The molecule has 2 heteroatoms. The van der Waals surface area contributed by atoms with Gasteiger partial charge < -0.3 is 10.6 Å². The highest BCUT2D eigenvalue weighted by molar-refractivity contribution is 5.26. The van der Waals surface area contributed by atoms with Gasteiger partial charge in [-0.05, 0) is 37.4 Å². The summed E-state index contributed by atoms with van der Waals surface area (Å²) in [6.07, 6.45) is 1.16. The zero-order valence-electron chi connectivity index (χ0n) is 12.5. The van der Waals surface area contributed by atoms with Gasteiger partial charge in [0.05, 0.1) is 0 Å². The predicted octanol–water partition coefficient (Wildman–Crippen LogP) is 3.54. The first-order valence-corrected chi connectivity index (χ1v) is 7.01. The Balaban J connectivity index is 2.64. The Morgan fingerprint density at radius 1 is 1.06 bits per heavy atom. The van der Waals surface area contributed by atoms with Gasteiger partial charge in [-0.25, -0.2) is 0 Å². The molecule has 0 spiro atoms. The Morgan fingerprint density at radius 3 is 2.00 bits per heavy atom. The van der Waals surface area contributed by atoms with E-state index in [4.69, 9.17) is 5.73 Å². The average Bonchev–Trinajstić information content (AvgIpc) is 2.37. The van der Waals surface area contributed by atoms with Crippen LogP contribution in [0.3, 0.4) is 0 Å². The minimum absolute atomic E-state index is 0.102. The normalized spacial score (nSPS) is 15.1. The lowest BCUT2D eigenvalue weighted by molar-refractivity contribution is 0.237. The summed E-state index contributed by atoms with van der Waals surface area (Å²) in [4.78, 5) is 2.33. The van der Waals surface area contributed by atoms with Crippen LogP contribution < -0.4 is 5.73 Å². The van der Waals surface area contributed by atoms with Gasteiger partial charge in [-0.1, -0.05) is 45.0 Å². The van der Waals surface area contributed by atoms with Gasteiger partial charge in [0.15, 0.2) is 0 Å². The van der Waals surface area contributed by atoms with Crippen molar-refractivity contribution in [2.45, 2.75) is 52.1 Å². The molecule has 2 unspecified atom stereocenters. The lowest BCUT2D eigenvalue weighted by atomic mass is 9.99. The summed E-state index contributed by atoms with van der Waals surface area (Å²) in [6.45, 7) is 9.80. The molecule has 0 aliphatic rings. The van der Waals surface area contributed by atoms with Crippen molar-refractivity contribution in [3.63, 3.8) is 0 Å². The maximum Gasteiger partial charge on any atom is 0.0424 e. The molecule has 0 aliphatic heterocycles. The standard InChI is InChI=1S/C16H28N2/c1-6-13(4)18(5)11-16(17)15-9-7-14(8-10-15)12(2)3/h7-10,12-13,16H,6,11,17H2,1-5H3. The zero-order chi connectivity index (χ0) is 13.7. The van der Waals surface area contributed by atoms with Gasteiger partial charge in [0.1, 0.15) is 0 Å². The van der Waals surface area contributed by atoms with Crippen LogP contribution in [0.4, 0.5) is 0 Å². The topological polar surface area (TPSA) is 29.3 Å². The van der Waals surface area contributed by atoms with E-state index in [-0.39, 0.29) is 6.04 Å². The third-order valence-electron chi connectivity index (χ3n) is 3.86. The van der Waals surface area contributed by atoms with E-state index in [9.17, 15) is 0 Å². The Hall–Kier alpha value is -0.860. The zero-order valence-corrected chi connectivity index (χ0v) is 12.5. The van der Waals surface area contributed by atoms with Gasteiger partial charge in [-0.3, -0.25) is 0 Å². The van der Waals surface area contributed by atoms with Crippen LogP contribution in [-0.4, -0.2) is 24.5 Å².